The van der Waals surface area contributed by atoms with Gasteiger partial charge in [0.1, 0.15) is 29.1 Å². The lowest BCUT2D eigenvalue weighted by Crippen LogP contribution is -2.29. The second-order valence-corrected chi connectivity index (χ2v) is 6.62. The van der Waals surface area contributed by atoms with Crippen molar-refractivity contribution in [3.8, 4) is 5.75 Å². The molecule has 3 aromatic rings. The zero-order valence-electron chi connectivity index (χ0n) is 16.0. The number of aliphatic hydroxyl groups is 1. The van der Waals surface area contributed by atoms with Gasteiger partial charge in [-0.15, -0.1) is 0 Å². The van der Waals surface area contributed by atoms with Crippen LogP contribution in [0, 0.1) is 5.82 Å². The van der Waals surface area contributed by atoms with E-state index in [1.807, 2.05) is 6.92 Å². The molecule has 1 unspecified atom stereocenters. The fourth-order valence-corrected chi connectivity index (χ4v) is 3.47. The Morgan fingerprint density at radius 1 is 1.13 bits per heavy atom. The summed E-state index contributed by atoms with van der Waals surface area (Å²) in [5.74, 6) is -1.72. The predicted molar refractivity (Wildman–Crippen MR) is 108 cm³/mol. The molecule has 152 valence electrons. The Hall–Kier alpha value is -3.87. The second kappa shape index (κ2) is 7.87. The van der Waals surface area contributed by atoms with Crippen molar-refractivity contribution >= 4 is 23.1 Å². The summed E-state index contributed by atoms with van der Waals surface area (Å²) in [6, 6.07) is 14.0. The molecule has 0 bridgehead atoms. The number of carbonyl (C=O) groups is 2. The number of Topliss-reactive ketones (excluding diaryl/α,β-unsaturated/α-hetero) is 1. The van der Waals surface area contributed by atoms with E-state index >= 15 is 0 Å². The molecule has 2 aromatic carbocycles. The van der Waals surface area contributed by atoms with Gasteiger partial charge >= 0.3 is 0 Å². The van der Waals surface area contributed by atoms with Crippen LogP contribution >= 0.6 is 0 Å². The zero-order valence-corrected chi connectivity index (χ0v) is 16.0. The monoisotopic (exact) mass is 407 g/mol. The minimum absolute atomic E-state index is 0.136. The molecule has 1 N–H and O–H groups in total. The number of nitrogens with zero attached hydrogens (tertiary/aromatic N) is 1. The number of ketones is 1. The maximum absolute atomic E-state index is 13.3. The van der Waals surface area contributed by atoms with Crippen LogP contribution in [0.2, 0.25) is 0 Å². The van der Waals surface area contributed by atoms with Gasteiger partial charge in [-0.25, -0.2) is 4.39 Å². The van der Waals surface area contributed by atoms with Crippen LogP contribution in [-0.4, -0.2) is 23.4 Å². The number of aliphatic hydroxyl groups excluding tert-OH is 1. The summed E-state index contributed by atoms with van der Waals surface area (Å²) < 4.78 is 24.3. The van der Waals surface area contributed by atoms with Gasteiger partial charge in [-0.2, -0.15) is 0 Å². The summed E-state index contributed by atoms with van der Waals surface area (Å²) in [7, 11) is 0. The van der Waals surface area contributed by atoms with Gasteiger partial charge in [-0.1, -0.05) is 6.07 Å². The van der Waals surface area contributed by atoms with Gasteiger partial charge in [0.25, 0.3) is 11.7 Å². The molecule has 1 amide bonds. The molecule has 1 aromatic heterocycles. The number of carbonyl (C=O) groups excluding carboxylic acids is 2. The number of benzene rings is 2. The maximum atomic E-state index is 13.3. The molecule has 7 heteroatoms. The van der Waals surface area contributed by atoms with E-state index in [1.165, 1.54) is 35.4 Å². The summed E-state index contributed by atoms with van der Waals surface area (Å²) in [5.41, 5.74) is 0.500. The molecular weight excluding hydrogens is 389 g/mol. The zero-order chi connectivity index (χ0) is 21.3. The number of ether oxygens (including phenoxy) is 1. The smallest absolute Gasteiger partial charge is 0.300 e. The van der Waals surface area contributed by atoms with Crippen LogP contribution in [0.4, 0.5) is 10.1 Å². The summed E-state index contributed by atoms with van der Waals surface area (Å²) in [6.07, 6.45) is 1.42. The third-order valence-corrected chi connectivity index (χ3v) is 4.78. The van der Waals surface area contributed by atoms with Gasteiger partial charge in [0.15, 0.2) is 0 Å². The second-order valence-electron chi connectivity index (χ2n) is 6.62. The molecule has 1 aliphatic rings. The minimum Gasteiger partial charge on any atom is -0.507 e. The van der Waals surface area contributed by atoms with Gasteiger partial charge in [0, 0.05) is 17.3 Å². The number of furan rings is 1. The highest BCUT2D eigenvalue weighted by Crippen LogP contribution is 2.42. The van der Waals surface area contributed by atoms with E-state index in [4.69, 9.17) is 9.15 Å². The number of anilines is 1. The van der Waals surface area contributed by atoms with E-state index in [2.05, 4.69) is 0 Å². The third kappa shape index (κ3) is 3.34. The van der Waals surface area contributed by atoms with E-state index in [1.54, 1.807) is 36.4 Å². The molecule has 1 fully saturated rings. The number of hydrogen-bond donors (Lipinski definition) is 1. The normalized spacial score (nSPS) is 18.1. The van der Waals surface area contributed by atoms with Gasteiger partial charge in [0.2, 0.25) is 0 Å². The Balaban J connectivity index is 1.88. The Labute approximate surface area is 171 Å². The molecule has 0 radical (unpaired) electrons. The Kier molecular flexibility index (Phi) is 5.10. The highest BCUT2D eigenvalue weighted by atomic mass is 19.1. The minimum atomic E-state index is -0.984. The molecule has 0 saturated carbocycles. The van der Waals surface area contributed by atoms with Crippen LogP contribution in [0.5, 0.6) is 5.75 Å². The van der Waals surface area contributed by atoms with Crippen LogP contribution in [0.15, 0.2) is 76.9 Å². The molecule has 4 rings (SSSR count). The lowest BCUT2D eigenvalue weighted by Gasteiger charge is -2.23. The lowest BCUT2D eigenvalue weighted by atomic mass is 9.99. The molecular formula is C23H18FNO5. The number of hydrogen-bond acceptors (Lipinski definition) is 5. The van der Waals surface area contributed by atoms with E-state index in [9.17, 15) is 19.1 Å². The van der Waals surface area contributed by atoms with E-state index in [0.29, 0.717) is 23.8 Å². The van der Waals surface area contributed by atoms with Gasteiger partial charge in [-0.3, -0.25) is 14.5 Å². The first kappa shape index (κ1) is 19.4. The molecule has 0 spiro atoms. The topological polar surface area (TPSA) is 80.0 Å². The largest absolute Gasteiger partial charge is 0.507 e. The van der Waals surface area contributed by atoms with Crippen molar-refractivity contribution in [1.82, 2.24) is 0 Å². The van der Waals surface area contributed by atoms with Gasteiger partial charge in [0.05, 0.1) is 18.4 Å². The predicted octanol–water partition coefficient (Wildman–Crippen LogP) is 4.44. The first-order valence-electron chi connectivity index (χ1n) is 9.34. The highest BCUT2D eigenvalue weighted by Gasteiger charge is 2.48. The van der Waals surface area contributed by atoms with Crippen LogP contribution in [0.1, 0.15) is 24.3 Å². The highest BCUT2D eigenvalue weighted by molar-refractivity contribution is 6.51. The van der Waals surface area contributed by atoms with Crippen molar-refractivity contribution < 1.29 is 28.2 Å². The standard InChI is InChI=1S/C23H18FNO5/c1-2-29-17-6-3-5-16(13-17)25-20(18-7-4-12-30-18)19(22(27)23(25)28)21(26)14-8-10-15(24)11-9-14/h3-13,20,26H,2H2,1H3/b21-19-. The average molecular weight is 407 g/mol. The molecule has 1 atom stereocenters. The molecule has 1 saturated heterocycles. The van der Waals surface area contributed by atoms with Crippen LogP contribution in [0.3, 0.4) is 0 Å². The van der Waals surface area contributed by atoms with Crippen LogP contribution in [-0.2, 0) is 9.59 Å². The van der Waals surface area contributed by atoms with Gasteiger partial charge < -0.3 is 14.3 Å². The molecule has 2 heterocycles. The quantitative estimate of drug-likeness (QED) is 0.384. The molecule has 1 aliphatic heterocycles. The Bertz CT molecular complexity index is 1120. The van der Waals surface area contributed by atoms with Crippen LogP contribution < -0.4 is 9.64 Å². The SMILES string of the molecule is CCOc1cccc(N2C(=O)C(=O)/C(=C(\O)c3ccc(F)cc3)C2c2ccco2)c1. The summed E-state index contributed by atoms with van der Waals surface area (Å²) in [5, 5.41) is 10.9. The van der Waals surface area contributed by atoms with Crippen molar-refractivity contribution in [1.29, 1.82) is 0 Å². The number of halogens is 1. The molecule has 6 nitrogen and oxygen atoms in total. The van der Waals surface area contributed by atoms with Crippen molar-refractivity contribution in [2.24, 2.45) is 0 Å². The first-order chi connectivity index (χ1) is 14.5. The van der Waals surface area contributed by atoms with E-state index in [-0.39, 0.29) is 11.1 Å². The van der Waals surface area contributed by atoms with E-state index in [0.717, 1.165) is 0 Å². The maximum Gasteiger partial charge on any atom is 0.300 e. The average Bonchev–Trinajstić information content (AvgIpc) is 3.36. The lowest BCUT2D eigenvalue weighted by molar-refractivity contribution is -0.132. The van der Waals surface area contributed by atoms with Crippen molar-refractivity contribution in [2.45, 2.75) is 13.0 Å². The molecule has 30 heavy (non-hydrogen) atoms. The third-order valence-electron chi connectivity index (χ3n) is 4.78. The van der Waals surface area contributed by atoms with Crippen LogP contribution in [0.25, 0.3) is 5.76 Å². The van der Waals surface area contributed by atoms with E-state index < -0.39 is 29.3 Å². The van der Waals surface area contributed by atoms with Crippen molar-refractivity contribution in [3.63, 3.8) is 0 Å². The Morgan fingerprint density at radius 2 is 1.90 bits per heavy atom. The summed E-state index contributed by atoms with van der Waals surface area (Å²) in [6.45, 7) is 2.28. The van der Waals surface area contributed by atoms with Gasteiger partial charge in [-0.05, 0) is 55.5 Å². The fraction of sp³-hybridized carbons (Fsp3) is 0.130. The number of amides is 1. The van der Waals surface area contributed by atoms with Crippen molar-refractivity contribution in [2.75, 3.05) is 11.5 Å². The summed E-state index contributed by atoms with van der Waals surface area (Å²) >= 11 is 0. The fourth-order valence-electron chi connectivity index (χ4n) is 3.47. The first-order valence-corrected chi connectivity index (χ1v) is 9.34. The molecule has 0 aliphatic carbocycles. The van der Waals surface area contributed by atoms with Crippen molar-refractivity contribution in [3.05, 3.63) is 89.6 Å². The Morgan fingerprint density at radius 3 is 2.57 bits per heavy atom. The summed E-state index contributed by atoms with van der Waals surface area (Å²) in [4.78, 5) is 27.2. The number of rotatable bonds is 5.